The van der Waals surface area contributed by atoms with Gasteiger partial charge in [-0.1, -0.05) is 72.1 Å². The molecule has 0 atom stereocenters. The van der Waals surface area contributed by atoms with Gasteiger partial charge < -0.3 is 19.3 Å². The first-order valence-electron chi connectivity index (χ1n) is 12.2. The molecule has 0 aliphatic rings. The zero-order valence-electron chi connectivity index (χ0n) is 19.7. The van der Waals surface area contributed by atoms with E-state index in [4.69, 9.17) is 19.3 Å². The standard InChI is InChI=1S/C24H46O6/c1-4-7-10-11-12-13-16-19-24(28-20-8-5-2,29-21-9-6-3)30-23(27)18-15-14-17-22(25)26/h4-21H2,1-3H3,(H,25,26). The van der Waals surface area contributed by atoms with Crippen LogP contribution in [-0.2, 0) is 23.8 Å². The third-order valence-electron chi connectivity index (χ3n) is 5.02. The summed E-state index contributed by atoms with van der Waals surface area (Å²) in [5, 5.41) is 8.74. The molecule has 0 saturated carbocycles. The van der Waals surface area contributed by atoms with Gasteiger partial charge in [-0.25, -0.2) is 0 Å². The van der Waals surface area contributed by atoms with Crippen LogP contribution in [0.2, 0.25) is 0 Å². The molecule has 0 aromatic heterocycles. The van der Waals surface area contributed by atoms with Crippen LogP contribution < -0.4 is 0 Å². The van der Waals surface area contributed by atoms with Gasteiger partial charge in [0.1, 0.15) is 0 Å². The van der Waals surface area contributed by atoms with E-state index in [1.165, 1.54) is 32.1 Å². The van der Waals surface area contributed by atoms with E-state index in [0.29, 0.717) is 32.5 Å². The molecule has 0 rings (SSSR count). The third kappa shape index (κ3) is 16.6. The maximum absolute atomic E-state index is 12.4. The number of hydrogen-bond acceptors (Lipinski definition) is 5. The van der Waals surface area contributed by atoms with Crippen LogP contribution in [0.3, 0.4) is 0 Å². The highest BCUT2D eigenvalue weighted by Crippen LogP contribution is 2.26. The summed E-state index contributed by atoms with van der Waals surface area (Å²) in [7, 11) is 0. The highest BCUT2D eigenvalue weighted by molar-refractivity contribution is 5.70. The topological polar surface area (TPSA) is 82.1 Å². The molecule has 1 N–H and O–H groups in total. The van der Waals surface area contributed by atoms with Gasteiger partial charge in [-0.2, -0.15) is 0 Å². The molecule has 0 heterocycles. The average molecular weight is 431 g/mol. The van der Waals surface area contributed by atoms with Crippen molar-refractivity contribution in [3.05, 3.63) is 0 Å². The molecule has 0 amide bonds. The van der Waals surface area contributed by atoms with E-state index in [1.54, 1.807) is 0 Å². The fourth-order valence-electron chi connectivity index (χ4n) is 3.11. The van der Waals surface area contributed by atoms with Gasteiger partial charge in [0.15, 0.2) is 0 Å². The predicted molar refractivity (Wildman–Crippen MR) is 119 cm³/mol. The van der Waals surface area contributed by atoms with Crippen LogP contribution in [0.15, 0.2) is 0 Å². The first-order valence-corrected chi connectivity index (χ1v) is 12.2. The van der Waals surface area contributed by atoms with Gasteiger partial charge in [0.25, 0.3) is 0 Å². The molecular weight excluding hydrogens is 384 g/mol. The molecule has 0 spiro atoms. The van der Waals surface area contributed by atoms with Crippen LogP contribution in [0.1, 0.15) is 124 Å². The Hall–Kier alpha value is -1.14. The molecule has 0 unspecified atom stereocenters. The molecule has 0 radical (unpaired) electrons. The number of carbonyl (C=O) groups excluding carboxylic acids is 1. The number of esters is 1. The smallest absolute Gasteiger partial charge is 0.329 e. The Morgan fingerprint density at radius 1 is 0.667 bits per heavy atom. The van der Waals surface area contributed by atoms with Crippen molar-refractivity contribution in [2.45, 2.75) is 129 Å². The molecule has 30 heavy (non-hydrogen) atoms. The van der Waals surface area contributed by atoms with E-state index in [-0.39, 0.29) is 18.8 Å². The largest absolute Gasteiger partial charge is 0.481 e. The SMILES string of the molecule is CCCCCCCCCC(OCCCC)(OCCCC)OC(=O)CCCCC(=O)O. The second-order valence-electron chi connectivity index (χ2n) is 8.03. The minimum atomic E-state index is -1.31. The summed E-state index contributed by atoms with van der Waals surface area (Å²) in [6.45, 7) is 7.38. The minimum absolute atomic E-state index is 0.0659. The highest BCUT2D eigenvalue weighted by Gasteiger charge is 2.36. The Morgan fingerprint density at radius 2 is 1.17 bits per heavy atom. The first kappa shape index (κ1) is 28.9. The van der Waals surface area contributed by atoms with Crippen molar-refractivity contribution < 1.29 is 28.9 Å². The Labute approximate surface area is 184 Å². The van der Waals surface area contributed by atoms with Gasteiger partial charge in [-0.05, 0) is 32.1 Å². The van der Waals surface area contributed by atoms with Gasteiger partial charge in [0.2, 0.25) is 0 Å². The molecule has 0 aliphatic heterocycles. The average Bonchev–Trinajstić information content (AvgIpc) is 2.71. The number of hydrogen-bond donors (Lipinski definition) is 1. The molecule has 6 heteroatoms. The molecule has 178 valence electrons. The molecule has 0 aromatic carbocycles. The van der Waals surface area contributed by atoms with Crippen LogP contribution in [0.4, 0.5) is 0 Å². The minimum Gasteiger partial charge on any atom is -0.481 e. The second-order valence-corrected chi connectivity index (χ2v) is 8.03. The molecular formula is C24H46O6. The molecule has 0 saturated heterocycles. The van der Waals surface area contributed by atoms with Crippen molar-refractivity contribution in [1.29, 1.82) is 0 Å². The number of carboxylic acids is 1. The van der Waals surface area contributed by atoms with Crippen molar-refractivity contribution in [3.8, 4) is 0 Å². The van der Waals surface area contributed by atoms with E-state index in [0.717, 1.165) is 38.5 Å². The highest BCUT2D eigenvalue weighted by atomic mass is 16.9. The summed E-state index contributed by atoms with van der Waals surface area (Å²) in [5.74, 6) is -2.53. The Balaban J connectivity index is 4.77. The summed E-state index contributed by atoms with van der Waals surface area (Å²) in [6.07, 6.45) is 13.6. The van der Waals surface area contributed by atoms with E-state index in [9.17, 15) is 9.59 Å². The van der Waals surface area contributed by atoms with Gasteiger partial charge in [-0.15, -0.1) is 0 Å². The lowest BCUT2D eigenvalue weighted by atomic mass is 10.1. The van der Waals surface area contributed by atoms with Gasteiger partial charge in [0, 0.05) is 19.3 Å². The summed E-state index contributed by atoms with van der Waals surface area (Å²) in [5.41, 5.74) is 0. The second kappa shape index (κ2) is 19.8. The lowest BCUT2D eigenvalue weighted by molar-refractivity contribution is -0.366. The van der Waals surface area contributed by atoms with E-state index >= 15 is 0 Å². The van der Waals surface area contributed by atoms with E-state index in [2.05, 4.69) is 20.8 Å². The number of carbonyl (C=O) groups is 2. The fourth-order valence-corrected chi connectivity index (χ4v) is 3.11. The van der Waals surface area contributed by atoms with Crippen LogP contribution in [0.5, 0.6) is 0 Å². The van der Waals surface area contributed by atoms with Gasteiger partial charge in [-0.3, -0.25) is 9.59 Å². The number of unbranched alkanes of at least 4 members (excludes halogenated alkanes) is 9. The molecule has 6 nitrogen and oxygen atoms in total. The Morgan fingerprint density at radius 3 is 1.70 bits per heavy atom. The maximum Gasteiger partial charge on any atom is 0.329 e. The van der Waals surface area contributed by atoms with Crippen molar-refractivity contribution >= 4 is 11.9 Å². The van der Waals surface area contributed by atoms with Gasteiger partial charge in [0.05, 0.1) is 13.2 Å². The van der Waals surface area contributed by atoms with Crippen LogP contribution in [0, 0.1) is 0 Å². The normalized spacial score (nSPS) is 11.6. The van der Waals surface area contributed by atoms with E-state index in [1.807, 2.05) is 0 Å². The van der Waals surface area contributed by atoms with Crippen LogP contribution >= 0.6 is 0 Å². The van der Waals surface area contributed by atoms with Crippen molar-refractivity contribution in [3.63, 3.8) is 0 Å². The van der Waals surface area contributed by atoms with Crippen LogP contribution in [-0.4, -0.2) is 36.2 Å². The van der Waals surface area contributed by atoms with Gasteiger partial charge >= 0.3 is 17.9 Å². The number of ether oxygens (including phenoxy) is 3. The summed E-state index contributed by atoms with van der Waals surface area (Å²) in [6, 6.07) is 0. The molecule has 0 aliphatic carbocycles. The van der Waals surface area contributed by atoms with Crippen molar-refractivity contribution in [1.82, 2.24) is 0 Å². The monoisotopic (exact) mass is 430 g/mol. The number of rotatable bonds is 22. The lowest BCUT2D eigenvalue weighted by Crippen LogP contribution is -2.42. The molecule has 0 fully saturated rings. The summed E-state index contributed by atoms with van der Waals surface area (Å²) in [4.78, 5) is 23.1. The quantitative estimate of drug-likeness (QED) is 0.118. The number of carboxylic acid groups (broad SMARTS) is 1. The van der Waals surface area contributed by atoms with Crippen molar-refractivity contribution in [2.24, 2.45) is 0 Å². The fraction of sp³-hybridized carbons (Fsp3) is 0.917. The van der Waals surface area contributed by atoms with E-state index < -0.39 is 11.9 Å². The van der Waals surface area contributed by atoms with Crippen LogP contribution in [0.25, 0.3) is 0 Å². The van der Waals surface area contributed by atoms with Crippen molar-refractivity contribution in [2.75, 3.05) is 13.2 Å². The number of aliphatic carboxylic acids is 1. The Bertz CT molecular complexity index is 414. The lowest BCUT2D eigenvalue weighted by Gasteiger charge is -2.33. The predicted octanol–water partition coefficient (Wildman–Crippen LogP) is 6.60. The zero-order valence-corrected chi connectivity index (χ0v) is 19.7. The molecule has 0 bridgehead atoms. The Kier molecular flexibility index (Phi) is 19.0. The third-order valence-corrected chi connectivity index (χ3v) is 5.02. The zero-order chi connectivity index (χ0) is 22.5. The molecule has 0 aromatic rings. The maximum atomic E-state index is 12.4. The summed E-state index contributed by atoms with van der Waals surface area (Å²) >= 11 is 0. The summed E-state index contributed by atoms with van der Waals surface area (Å²) < 4.78 is 17.8. The first-order chi connectivity index (χ1) is 14.5.